The third-order valence-electron chi connectivity index (χ3n) is 2.94. The Balaban J connectivity index is 1.99. The average Bonchev–Trinajstić information content (AvgIpc) is 2.41. The van der Waals surface area contributed by atoms with Gasteiger partial charge in [0.1, 0.15) is 0 Å². The van der Waals surface area contributed by atoms with Gasteiger partial charge in [0.05, 0.1) is 0 Å². The number of aromatic nitrogens is 2. The molecule has 2 aromatic rings. The van der Waals surface area contributed by atoms with E-state index in [0.717, 1.165) is 15.7 Å². The van der Waals surface area contributed by atoms with Gasteiger partial charge >= 0.3 is 5.69 Å². The summed E-state index contributed by atoms with van der Waals surface area (Å²) < 4.78 is 2.23. The maximum atomic E-state index is 11.9. The van der Waals surface area contributed by atoms with Crippen molar-refractivity contribution >= 4 is 27.5 Å². The van der Waals surface area contributed by atoms with Gasteiger partial charge in [0.15, 0.2) is 0 Å². The first kappa shape index (κ1) is 15.2. The van der Waals surface area contributed by atoms with Crippen LogP contribution in [0.15, 0.2) is 44.5 Å². The maximum absolute atomic E-state index is 11.9. The number of nitrogens with zero attached hydrogens (tertiary/aromatic N) is 1. The molecule has 7 heteroatoms. The van der Waals surface area contributed by atoms with Gasteiger partial charge in [-0.05, 0) is 30.7 Å². The average molecular weight is 352 g/mol. The number of H-pyrrole nitrogens is 1. The highest BCUT2D eigenvalue weighted by Gasteiger charge is 2.06. The number of carbonyl (C=O) groups excluding carboxylic acids is 1. The summed E-state index contributed by atoms with van der Waals surface area (Å²) in [7, 11) is 0. The van der Waals surface area contributed by atoms with E-state index in [-0.39, 0.29) is 18.9 Å². The zero-order chi connectivity index (χ0) is 15.4. The normalized spacial score (nSPS) is 10.4. The first-order valence-electron chi connectivity index (χ1n) is 6.31. The predicted octanol–water partition coefficient (Wildman–Crippen LogP) is 1.64. The van der Waals surface area contributed by atoms with Crippen LogP contribution in [0.5, 0.6) is 0 Å². The molecule has 1 amide bonds. The van der Waals surface area contributed by atoms with E-state index in [0.29, 0.717) is 0 Å². The lowest BCUT2D eigenvalue weighted by Crippen LogP contribution is -2.29. The second kappa shape index (κ2) is 6.53. The van der Waals surface area contributed by atoms with Crippen molar-refractivity contribution in [1.82, 2.24) is 9.55 Å². The minimum atomic E-state index is -0.518. The highest BCUT2D eigenvalue weighted by molar-refractivity contribution is 9.10. The first-order chi connectivity index (χ1) is 9.95. The van der Waals surface area contributed by atoms with Gasteiger partial charge in [-0.25, -0.2) is 4.79 Å². The molecular weight excluding hydrogens is 338 g/mol. The van der Waals surface area contributed by atoms with Crippen LogP contribution in [0.1, 0.15) is 12.0 Å². The quantitative estimate of drug-likeness (QED) is 0.877. The molecule has 0 atom stereocenters. The Bertz CT molecular complexity index is 780. The molecule has 0 aliphatic rings. The van der Waals surface area contributed by atoms with Crippen LogP contribution in [-0.4, -0.2) is 15.5 Å². The van der Waals surface area contributed by atoms with Crippen LogP contribution in [-0.2, 0) is 11.3 Å². The van der Waals surface area contributed by atoms with Crippen LogP contribution in [0, 0.1) is 6.92 Å². The van der Waals surface area contributed by atoms with Crippen molar-refractivity contribution in [2.24, 2.45) is 0 Å². The summed E-state index contributed by atoms with van der Waals surface area (Å²) in [6.45, 7) is 2.10. The van der Waals surface area contributed by atoms with E-state index < -0.39 is 11.2 Å². The molecule has 0 radical (unpaired) electrons. The molecule has 2 rings (SSSR count). The van der Waals surface area contributed by atoms with Crippen molar-refractivity contribution in [3.63, 3.8) is 0 Å². The van der Waals surface area contributed by atoms with E-state index in [1.54, 1.807) is 0 Å². The topological polar surface area (TPSA) is 84.0 Å². The third-order valence-corrected chi connectivity index (χ3v) is 3.43. The molecule has 0 saturated carbocycles. The fraction of sp³-hybridized carbons (Fsp3) is 0.214. The Morgan fingerprint density at radius 1 is 1.33 bits per heavy atom. The minimum absolute atomic E-state index is 0.140. The van der Waals surface area contributed by atoms with Crippen molar-refractivity contribution in [2.45, 2.75) is 19.9 Å². The first-order valence-corrected chi connectivity index (χ1v) is 7.11. The number of nitrogens with one attached hydrogen (secondary N) is 2. The van der Waals surface area contributed by atoms with Gasteiger partial charge < -0.3 is 9.88 Å². The standard InChI is InChI=1S/C14H14BrN3O3/c1-9-8-10(15)2-3-11(9)16-12(19)4-6-18-7-5-13(20)17-14(18)21/h2-3,5,7-8H,4,6H2,1H3,(H,16,19)(H,17,20,21). The van der Waals surface area contributed by atoms with Crippen molar-refractivity contribution in [3.05, 3.63) is 61.3 Å². The third kappa shape index (κ3) is 4.16. The molecule has 0 saturated heterocycles. The fourth-order valence-electron chi connectivity index (χ4n) is 1.82. The Labute approximate surface area is 128 Å². The number of aryl methyl sites for hydroxylation is 2. The van der Waals surface area contributed by atoms with Crippen molar-refractivity contribution in [1.29, 1.82) is 0 Å². The molecule has 1 heterocycles. The zero-order valence-corrected chi connectivity index (χ0v) is 12.9. The van der Waals surface area contributed by atoms with Crippen LogP contribution >= 0.6 is 15.9 Å². The van der Waals surface area contributed by atoms with Crippen LogP contribution in [0.4, 0.5) is 5.69 Å². The number of amides is 1. The Morgan fingerprint density at radius 2 is 2.10 bits per heavy atom. The van der Waals surface area contributed by atoms with E-state index in [9.17, 15) is 14.4 Å². The van der Waals surface area contributed by atoms with Crippen molar-refractivity contribution < 1.29 is 4.79 Å². The Kier molecular flexibility index (Phi) is 4.74. The summed E-state index contributed by atoms with van der Waals surface area (Å²) in [5.41, 5.74) is 0.706. The largest absolute Gasteiger partial charge is 0.328 e. The summed E-state index contributed by atoms with van der Waals surface area (Å²) in [5.74, 6) is -0.196. The molecule has 0 fully saturated rings. The molecule has 1 aromatic heterocycles. The Morgan fingerprint density at radius 3 is 2.76 bits per heavy atom. The molecular formula is C14H14BrN3O3. The lowest BCUT2D eigenvalue weighted by atomic mass is 10.2. The highest BCUT2D eigenvalue weighted by Crippen LogP contribution is 2.20. The summed E-state index contributed by atoms with van der Waals surface area (Å²) in [4.78, 5) is 36.4. The molecule has 2 N–H and O–H groups in total. The lowest BCUT2D eigenvalue weighted by Gasteiger charge is -2.09. The smallest absolute Gasteiger partial charge is 0.326 e. The second-order valence-electron chi connectivity index (χ2n) is 4.56. The van der Waals surface area contributed by atoms with E-state index in [4.69, 9.17) is 0 Å². The summed E-state index contributed by atoms with van der Waals surface area (Å²) in [6, 6.07) is 6.80. The van der Waals surface area contributed by atoms with Crippen LogP contribution in [0.2, 0.25) is 0 Å². The van der Waals surface area contributed by atoms with E-state index in [1.807, 2.05) is 25.1 Å². The molecule has 0 bridgehead atoms. The predicted molar refractivity (Wildman–Crippen MR) is 83.4 cm³/mol. The van der Waals surface area contributed by atoms with Gasteiger partial charge in [0.2, 0.25) is 5.91 Å². The van der Waals surface area contributed by atoms with Gasteiger partial charge in [-0.1, -0.05) is 15.9 Å². The zero-order valence-electron chi connectivity index (χ0n) is 11.4. The van der Waals surface area contributed by atoms with Gasteiger partial charge in [-0.3, -0.25) is 14.6 Å². The molecule has 0 aliphatic heterocycles. The molecule has 0 unspecified atom stereocenters. The molecule has 110 valence electrons. The molecule has 0 aliphatic carbocycles. The van der Waals surface area contributed by atoms with Crippen LogP contribution in [0.3, 0.4) is 0 Å². The second-order valence-corrected chi connectivity index (χ2v) is 5.48. The summed E-state index contributed by atoms with van der Waals surface area (Å²) >= 11 is 3.36. The van der Waals surface area contributed by atoms with E-state index >= 15 is 0 Å². The SMILES string of the molecule is Cc1cc(Br)ccc1NC(=O)CCn1ccc(=O)[nH]c1=O. The van der Waals surface area contributed by atoms with Gasteiger partial charge in [-0.15, -0.1) is 0 Å². The lowest BCUT2D eigenvalue weighted by molar-refractivity contribution is -0.116. The van der Waals surface area contributed by atoms with Crippen LogP contribution < -0.4 is 16.6 Å². The number of carbonyl (C=O) groups is 1. The van der Waals surface area contributed by atoms with Crippen molar-refractivity contribution in [3.8, 4) is 0 Å². The number of hydrogen-bond acceptors (Lipinski definition) is 3. The monoisotopic (exact) mass is 351 g/mol. The number of rotatable bonds is 4. The van der Waals surface area contributed by atoms with E-state index in [2.05, 4.69) is 26.2 Å². The molecule has 6 nitrogen and oxygen atoms in total. The number of hydrogen-bond donors (Lipinski definition) is 2. The Hall–Kier alpha value is -2.15. The molecule has 21 heavy (non-hydrogen) atoms. The van der Waals surface area contributed by atoms with Crippen molar-refractivity contribution in [2.75, 3.05) is 5.32 Å². The van der Waals surface area contributed by atoms with Gasteiger partial charge in [0.25, 0.3) is 5.56 Å². The van der Waals surface area contributed by atoms with Gasteiger partial charge in [0, 0.05) is 35.4 Å². The highest BCUT2D eigenvalue weighted by atomic mass is 79.9. The number of benzene rings is 1. The summed E-state index contributed by atoms with van der Waals surface area (Å²) in [6.07, 6.45) is 1.51. The molecule has 1 aromatic carbocycles. The number of halogens is 1. The van der Waals surface area contributed by atoms with Crippen LogP contribution in [0.25, 0.3) is 0 Å². The number of aromatic amines is 1. The number of anilines is 1. The molecule has 0 spiro atoms. The maximum Gasteiger partial charge on any atom is 0.328 e. The minimum Gasteiger partial charge on any atom is -0.326 e. The van der Waals surface area contributed by atoms with E-state index in [1.165, 1.54) is 16.8 Å². The fourth-order valence-corrected chi connectivity index (χ4v) is 2.30. The summed E-state index contributed by atoms with van der Waals surface area (Å²) in [5, 5.41) is 2.79. The van der Waals surface area contributed by atoms with Gasteiger partial charge in [-0.2, -0.15) is 0 Å².